The lowest BCUT2D eigenvalue weighted by atomic mass is 9.96. The Hall–Kier alpha value is -0.880. The Morgan fingerprint density at radius 1 is 1.15 bits per heavy atom. The molecule has 0 radical (unpaired) electrons. The Bertz CT molecular complexity index is 505. The SMILES string of the molecule is CCc1ccc(CN(CC2CCN(CCOC)CC2)C[C@@H]2CCCO2)o1. The van der Waals surface area contributed by atoms with Gasteiger partial charge in [-0.25, -0.2) is 0 Å². The van der Waals surface area contributed by atoms with Crippen LogP contribution in [0.3, 0.4) is 0 Å². The molecule has 5 heteroatoms. The van der Waals surface area contributed by atoms with Crippen LogP contribution in [0.1, 0.15) is 44.1 Å². The first-order chi connectivity index (χ1) is 12.8. The zero-order valence-electron chi connectivity index (χ0n) is 16.6. The first kappa shape index (κ1) is 19.9. The monoisotopic (exact) mass is 364 g/mol. The minimum atomic E-state index is 0.400. The lowest BCUT2D eigenvalue weighted by Crippen LogP contribution is -2.41. The smallest absolute Gasteiger partial charge is 0.118 e. The number of rotatable bonds is 10. The molecule has 3 heterocycles. The molecule has 0 bridgehead atoms. The lowest BCUT2D eigenvalue weighted by Gasteiger charge is -2.35. The second-order valence-electron chi connectivity index (χ2n) is 7.83. The van der Waals surface area contributed by atoms with Gasteiger partial charge in [-0.1, -0.05) is 6.92 Å². The summed E-state index contributed by atoms with van der Waals surface area (Å²) in [6.45, 7) is 10.5. The highest BCUT2D eigenvalue weighted by Crippen LogP contribution is 2.22. The second kappa shape index (κ2) is 10.5. The third-order valence-electron chi connectivity index (χ3n) is 5.77. The largest absolute Gasteiger partial charge is 0.465 e. The Labute approximate surface area is 158 Å². The average molecular weight is 365 g/mol. The molecular formula is C21H36N2O3. The summed E-state index contributed by atoms with van der Waals surface area (Å²) in [5.41, 5.74) is 0. The number of ether oxygens (including phenoxy) is 2. The lowest BCUT2D eigenvalue weighted by molar-refractivity contribution is 0.0526. The fraction of sp³-hybridized carbons (Fsp3) is 0.810. The van der Waals surface area contributed by atoms with Crippen LogP contribution in [-0.4, -0.2) is 69.0 Å². The van der Waals surface area contributed by atoms with Gasteiger partial charge >= 0.3 is 0 Å². The first-order valence-corrected chi connectivity index (χ1v) is 10.4. The second-order valence-corrected chi connectivity index (χ2v) is 7.83. The maximum Gasteiger partial charge on any atom is 0.118 e. The topological polar surface area (TPSA) is 38.1 Å². The number of nitrogens with zero attached hydrogens (tertiary/aromatic N) is 2. The van der Waals surface area contributed by atoms with Crippen LogP contribution in [0, 0.1) is 5.92 Å². The van der Waals surface area contributed by atoms with E-state index >= 15 is 0 Å². The molecule has 2 aliphatic rings. The molecule has 3 rings (SSSR count). The van der Waals surface area contributed by atoms with Crippen molar-refractivity contribution in [1.82, 2.24) is 9.80 Å². The van der Waals surface area contributed by atoms with Gasteiger partial charge < -0.3 is 18.8 Å². The molecule has 0 spiro atoms. The number of aryl methyl sites for hydroxylation is 1. The highest BCUT2D eigenvalue weighted by atomic mass is 16.5. The predicted molar refractivity (Wildman–Crippen MR) is 103 cm³/mol. The van der Waals surface area contributed by atoms with Crippen LogP contribution >= 0.6 is 0 Å². The quantitative estimate of drug-likeness (QED) is 0.637. The highest BCUT2D eigenvalue weighted by Gasteiger charge is 2.25. The van der Waals surface area contributed by atoms with Crippen molar-refractivity contribution in [3.05, 3.63) is 23.7 Å². The molecule has 0 amide bonds. The maximum absolute atomic E-state index is 5.97. The van der Waals surface area contributed by atoms with Gasteiger partial charge in [-0.05, 0) is 56.8 Å². The average Bonchev–Trinajstić information content (AvgIpc) is 3.33. The molecule has 1 aromatic rings. The van der Waals surface area contributed by atoms with Crippen molar-refractivity contribution < 1.29 is 13.9 Å². The Balaban J connectivity index is 1.51. The van der Waals surface area contributed by atoms with E-state index in [0.29, 0.717) is 6.10 Å². The zero-order chi connectivity index (χ0) is 18.2. The standard InChI is InChI=1S/C21H36N2O3/c1-3-19-6-7-21(26-19)17-23(16-20-5-4-13-25-20)15-18-8-10-22(11-9-18)12-14-24-2/h6-7,18,20H,3-5,8-17H2,1-2H3/t20-/m0/s1. The normalized spacial score (nSPS) is 22.5. The van der Waals surface area contributed by atoms with Gasteiger partial charge in [0.25, 0.3) is 0 Å². The molecule has 0 saturated carbocycles. The van der Waals surface area contributed by atoms with Gasteiger partial charge in [-0.15, -0.1) is 0 Å². The molecule has 0 aliphatic carbocycles. The third kappa shape index (κ3) is 6.08. The highest BCUT2D eigenvalue weighted by molar-refractivity contribution is 5.07. The maximum atomic E-state index is 5.97. The number of hydrogen-bond donors (Lipinski definition) is 0. The third-order valence-corrected chi connectivity index (χ3v) is 5.77. The Morgan fingerprint density at radius 2 is 1.96 bits per heavy atom. The summed E-state index contributed by atoms with van der Waals surface area (Å²) in [7, 11) is 1.79. The van der Waals surface area contributed by atoms with Crippen molar-refractivity contribution in [2.45, 2.75) is 51.7 Å². The fourth-order valence-electron chi connectivity index (χ4n) is 4.18. The van der Waals surface area contributed by atoms with Gasteiger partial charge in [0.05, 0.1) is 19.3 Å². The van der Waals surface area contributed by atoms with Crippen LogP contribution in [0.2, 0.25) is 0 Å². The van der Waals surface area contributed by atoms with E-state index in [0.717, 1.165) is 63.3 Å². The van der Waals surface area contributed by atoms with E-state index in [9.17, 15) is 0 Å². The van der Waals surface area contributed by atoms with Crippen molar-refractivity contribution in [3.63, 3.8) is 0 Å². The van der Waals surface area contributed by atoms with Gasteiger partial charge in [0.2, 0.25) is 0 Å². The number of furan rings is 1. The summed E-state index contributed by atoms with van der Waals surface area (Å²) in [6, 6.07) is 4.27. The van der Waals surface area contributed by atoms with Crippen LogP contribution in [0.5, 0.6) is 0 Å². The molecule has 1 aromatic heterocycles. The predicted octanol–water partition coefficient (Wildman–Crippen LogP) is 3.18. The molecule has 2 fully saturated rings. The summed E-state index contributed by atoms with van der Waals surface area (Å²) in [5, 5.41) is 0. The van der Waals surface area contributed by atoms with Gasteiger partial charge in [0, 0.05) is 39.8 Å². The van der Waals surface area contributed by atoms with Crippen molar-refractivity contribution in [2.24, 2.45) is 5.92 Å². The van der Waals surface area contributed by atoms with Crippen LogP contribution in [0.15, 0.2) is 16.5 Å². The van der Waals surface area contributed by atoms with Crippen molar-refractivity contribution in [2.75, 3.05) is 53.0 Å². The zero-order valence-corrected chi connectivity index (χ0v) is 16.6. The summed E-state index contributed by atoms with van der Waals surface area (Å²) in [5.74, 6) is 2.96. The Kier molecular flexibility index (Phi) is 7.99. The van der Waals surface area contributed by atoms with Crippen LogP contribution < -0.4 is 0 Å². The number of likely N-dealkylation sites (tertiary alicyclic amines) is 1. The molecular weight excluding hydrogens is 328 g/mol. The molecule has 26 heavy (non-hydrogen) atoms. The molecule has 5 nitrogen and oxygen atoms in total. The number of piperidine rings is 1. The minimum Gasteiger partial charge on any atom is -0.465 e. The van der Waals surface area contributed by atoms with E-state index in [4.69, 9.17) is 13.9 Å². The van der Waals surface area contributed by atoms with E-state index in [1.54, 1.807) is 7.11 Å². The van der Waals surface area contributed by atoms with Gasteiger partial charge in [0.1, 0.15) is 11.5 Å². The fourth-order valence-corrected chi connectivity index (χ4v) is 4.18. The van der Waals surface area contributed by atoms with Gasteiger partial charge in [-0.2, -0.15) is 0 Å². The summed E-state index contributed by atoms with van der Waals surface area (Å²) < 4.78 is 17.1. The van der Waals surface area contributed by atoms with Crippen molar-refractivity contribution in [3.8, 4) is 0 Å². The van der Waals surface area contributed by atoms with E-state index in [1.165, 1.54) is 38.8 Å². The summed E-state index contributed by atoms with van der Waals surface area (Å²) in [4.78, 5) is 5.11. The molecule has 0 unspecified atom stereocenters. The van der Waals surface area contributed by atoms with E-state index in [2.05, 4.69) is 28.9 Å². The summed E-state index contributed by atoms with van der Waals surface area (Å²) >= 11 is 0. The van der Waals surface area contributed by atoms with Gasteiger partial charge in [-0.3, -0.25) is 4.90 Å². The van der Waals surface area contributed by atoms with Crippen LogP contribution in [0.4, 0.5) is 0 Å². The van der Waals surface area contributed by atoms with Crippen LogP contribution in [0.25, 0.3) is 0 Å². The van der Waals surface area contributed by atoms with E-state index < -0.39 is 0 Å². The van der Waals surface area contributed by atoms with Crippen molar-refractivity contribution in [1.29, 1.82) is 0 Å². The van der Waals surface area contributed by atoms with Gasteiger partial charge in [0.15, 0.2) is 0 Å². The molecule has 2 aliphatic heterocycles. The number of methoxy groups -OCH3 is 1. The molecule has 2 saturated heterocycles. The van der Waals surface area contributed by atoms with E-state index in [1.807, 2.05) is 0 Å². The number of hydrogen-bond acceptors (Lipinski definition) is 5. The molecule has 148 valence electrons. The molecule has 0 N–H and O–H groups in total. The Morgan fingerprint density at radius 3 is 2.62 bits per heavy atom. The first-order valence-electron chi connectivity index (χ1n) is 10.4. The summed E-state index contributed by atoms with van der Waals surface area (Å²) in [6.07, 6.45) is 6.33. The van der Waals surface area contributed by atoms with E-state index in [-0.39, 0.29) is 0 Å². The molecule has 1 atom stereocenters. The molecule has 0 aromatic carbocycles. The van der Waals surface area contributed by atoms with Crippen LogP contribution in [-0.2, 0) is 22.4 Å². The minimum absolute atomic E-state index is 0.400. The van der Waals surface area contributed by atoms with Crippen molar-refractivity contribution >= 4 is 0 Å².